The van der Waals surface area contributed by atoms with Crippen LogP contribution in [-0.4, -0.2) is 85.4 Å². The van der Waals surface area contributed by atoms with Crippen LogP contribution >= 0.6 is 11.6 Å². The van der Waals surface area contributed by atoms with E-state index >= 15 is 0 Å². The molecule has 1 saturated heterocycles. The molecule has 2 aliphatic rings. The summed E-state index contributed by atoms with van der Waals surface area (Å²) in [6.45, 7) is 3.70. The molecule has 1 aromatic heterocycles. The number of amides is 2. The van der Waals surface area contributed by atoms with E-state index in [1.54, 1.807) is 48.6 Å². The third-order valence-corrected chi connectivity index (χ3v) is 7.30. The van der Waals surface area contributed by atoms with Crippen molar-refractivity contribution in [2.24, 2.45) is 5.10 Å². The first-order valence-electron chi connectivity index (χ1n) is 12.9. The quantitative estimate of drug-likeness (QED) is 0.399. The number of nitrogens with zero attached hydrogens (tertiary/aromatic N) is 4. The Balaban J connectivity index is 1.39. The van der Waals surface area contributed by atoms with Crippen LogP contribution in [0.3, 0.4) is 0 Å². The Morgan fingerprint density at radius 3 is 2.54 bits per heavy atom. The summed E-state index contributed by atoms with van der Waals surface area (Å²) in [6, 6.07) is 17.7. The molecule has 39 heavy (non-hydrogen) atoms. The summed E-state index contributed by atoms with van der Waals surface area (Å²) in [7, 11) is 1.62. The molecule has 0 aliphatic carbocycles. The van der Waals surface area contributed by atoms with Crippen molar-refractivity contribution in [3.05, 3.63) is 88.8 Å². The van der Waals surface area contributed by atoms with Gasteiger partial charge >= 0.3 is 0 Å². The first-order chi connectivity index (χ1) is 19.0. The zero-order chi connectivity index (χ0) is 27.2. The van der Waals surface area contributed by atoms with Gasteiger partial charge in [0, 0.05) is 32.6 Å². The molecule has 204 valence electrons. The van der Waals surface area contributed by atoms with Crippen LogP contribution in [0.5, 0.6) is 5.75 Å². The molecule has 1 fully saturated rings. The van der Waals surface area contributed by atoms with Crippen LogP contribution in [0.1, 0.15) is 34.1 Å². The van der Waals surface area contributed by atoms with Gasteiger partial charge in [0.15, 0.2) is 0 Å². The predicted molar refractivity (Wildman–Crippen MR) is 147 cm³/mol. The fraction of sp³-hybridized carbons (Fsp3) is 0.345. The van der Waals surface area contributed by atoms with Crippen molar-refractivity contribution in [1.82, 2.24) is 14.8 Å². The molecule has 3 heterocycles. The molecule has 0 bridgehead atoms. The van der Waals surface area contributed by atoms with Crippen LogP contribution in [0.2, 0.25) is 5.02 Å². The topological polar surface area (TPSA) is 87.8 Å². The molecule has 2 aromatic carbocycles. The molecule has 0 spiro atoms. The first kappa shape index (κ1) is 26.9. The Labute approximate surface area is 232 Å². The molecular weight excluding hydrogens is 520 g/mol. The van der Waals surface area contributed by atoms with E-state index in [0.717, 1.165) is 30.1 Å². The lowest BCUT2D eigenvalue weighted by atomic mass is 10.0. The number of halogens is 1. The first-order valence-corrected chi connectivity index (χ1v) is 13.3. The van der Waals surface area contributed by atoms with E-state index in [0.29, 0.717) is 49.1 Å². The van der Waals surface area contributed by atoms with Gasteiger partial charge in [-0.3, -0.25) is 14.5 Å². The zero-order valence-electron chi connectivity index (χ0n) is 21.8. The van der Waals surface area contributed by atoms with Gasteiger partial charge in [-0.05, 0) is 54.1 Å². The van der Waals surface area contributed by atoms with Gasteiger partial charge in [-0.15, -0.1) is 0 Å². The van der Waals surface area contributed by atoms with Crippen molar-refractivity contribution in [1.29, 1.82) is 0 Å². The molecule has 1 atom stereocenters. The van der Waals surface area contributed by atoms with Gasteiger partial charge in [0.1, 0.15) is 24.1 Å². The van der Waals surface area contributed by atoms with Gasteiger partial charge in [0.2, 0.25) is 0 Å². The maximum atomic E-state index is 13.8. The van der Waals surface area contributed by atoms with Gasteiger partial charge in [0.25, 0.3) is 11.8 Å². The maximum absolute atomic E-state index is 13.8. The van der Waals surface area contributed by atoms with E-state index in [9.17, 15) is 9.59 Å². The zero-order valence-corrected chi connectivity index (χ0v) is 22.5. The summed E-state index contributed by atoms with van der Waals surface area (Å²) in [5.74, 6) is 0.771. The second-order valence-electron chi connectivity index (χ2n) is 9.41. The Bertz CT molecular complexity index is 1310. The average Bonchev–Trinajstić information content (AvgIpc) is 3.66. The number of rotatable bonds is 9. The average molecular weight is 551 g/mol. The van der Waals surface area contributed by atoms with Crippen LogP contribution in [0.25, 0.3) is 0 Å². The highest BCUT2D eigenvalue weighted by atomic mass is 35.5. The number of methoxy groups -OCH3 is 1. The molecule has 0 radical (unpaired) electrons. The standard InChI is InChI=1S/C29H31ClN4O5/c1-37-22-10-8-21(9-11-22)25-19-26(27-7-4-16-39-27)34(31-25)28(35)20-33(13-12-32-14-17-38-18-15-32)29(36)23-5-2-3-6-24(23)30/h2-11,16,26H,12-15,17-20H2,1H3/t26-/m1/s1. The van der Waals surface area contributed by atoms with Gasteiger partial charge in [-0.1, -0.05) is 23.7 Å². The summed E-state index contributed by atoms with van der Waals surface area (Å²) in [5, 5.41) is 6.50. The number of hydrogen-bond donors (Lipinski definition) is 0. The third kappa shape index (κ3) is 6.33. The SMILES string of the molecule is COc1ccc(C2=NN(C(=O)CN(CCN3CCOCC3)C(=O)c3ccccc3Cl)[C@@H](c3ccco3)C2)cc1. The van der Waals surface area contributed by atoms with Crippen LogP contribution in [-0.2, 0) is 9.53 Å². The maximum Gasteiger partial charge on any atom is 0.262 e. The molecule has 10 heteroatoms. The number of benzene rings is 2. The van der Waals surface area contributed by atoms with Crippen LogP contribution < -0.4 is 4.74 Å². The number of hydrogen-bond acceptors (Lipinski definition) is 7. The number of morpholine rings is 1. The predicted octanol–water partition coefficient (Wildman–Crippen LogP) is 4.09. The van der Waals surface area contributed by atoms with Gasteiger partial charge in [0.05, 0.1) is 42.9 Å². The van der Waals surface area contributed by atoms with Gasteiger partial charge in [-0.25, -0.2) is 5.01 Å². The van der Waals surface area contributed by atoms with Crippen molar-refractivity contribution < 1.29 is 23.5 Å². The smallest absolute Gasteiger partial charge is 0.262 e. The Morgan fingerprint density at radius 2 is 1.85 bits per heavy atom. The van der Waals surface area contributed by atoms with Crippen LogP contribution in [0.15, 0.2) is 76.4 Å². The highest BCUT2D eigenvalue weighted by Crippen LogP contribution is 2.33. The van der Waals surface area contributed by atoms with E-state index in [1.165, 1.54) is 5.01 Å². The van der Waals surface area contributed by atoms with E-state index in [1.807, 2.05) is 30.3 Å². The summed E-state index contributed by atoms with van der Waals surface area (Å²) < 4.78 is 16.4. The molecular formula is C29H31ClN4O5. The van der Waals surface area contributed by atoms with Gasteiger partial charge in [-0.2, -0.15) is 5.10 Å². The molecule has 0 saturated carbocycles. The van der Waals surface area contributed by atoms with E-state index in [4.69, 9.17) is 30.6 Å². The Kier molecular flexibility index (Phi) is 8.61. The molecule has 9 nitrogen and oxygen atoms in total. The highest BCUT2D eigenvalue weighted by Gasteiger charge is 2.36. The van der Waals surface area contributed by atoms with Crippen LogP contribution in [0.4, 0.5) is 0 Å². The second-order valence-corrected chi connectivity index (χ2v) is 9.82. The fourth-order valence-corrected chi connectivity index (χ4v) is 5.00. The Morgan fingerprint density at radius 1 is 1.08 bits per heavy atom. The lowest BCUT2D eigenvalue weighted by Gasteiger charge is -2.31. The number of carbonyl (C=O) groups is 2. The van der Waals surface area contributed by atoms with Crippen molar-refractivity contribution in [2.75, 3.05) is 53.0 Å². The van der Waals surface area contributed by atoms with Crippen LogP contribution in [0, 0.1) is 0 Å². The van der Waals surface area contributed by atoms with Crippen molar-refractivity contribution in [3.8, 4) is 5.75 Å². The third-order valence-electron chi connectivity index (χ3n) is 6.97. The molecule has 2 aliphatic heterocycles. The Hall–Kier alpha value is -3.66. The fourth-order valence-electron chi connectivity index (χ4n) is 4.78. The van der Waals surface area contributed by atoms with Crippen molar-refractivity contribution in [3.63, 3.8) is 0 Å². The number of hydrazone groups is 1. The van der Waals surface area contributed by atoms with Crippen molar-refractivity contribution in [2.45, 2.75) is 12.5 Å². The minimum atomic E-state index is -0.416. The monoisotopic (exact) mass is 550 g/mol. The molecule has 0 N–H and O–H groups in total. The number of carbonyl (C=O) groups excluding carboxylic acids is 2. The second kappa shape index (κ2) is 12.5. The van der Waals surface area contributed by atoms with E-state index in [-0.39, 0.29) is 18.4 Å². The van der Waals surface area contributed by atoms with E-state index in [2.05, 4.69) is 4.90 Å². The minimum absolute atomic E-state index is 0.148. The number of ether oxygens (including phenoxy) is 2. The lowest BCUT2D eigenvalue weighted by molar-refractivity contribution is -0.134. The molecule has 5 rings (SSSR count). The van der Waals surface area contributed by atoms with Gasteiger partial charge < -0.3 is 18.8 Å². The lowest BCUT2D eigenvalue weighted by Crippen LogP contribution is -2.46. The summed E-state index contributed by atoms with van der Waals surface area (Å²) >= 11 is 6.36. The van der Waals surface area contributed by atoms with E-state index < -0.39 is 6.04 Å². The molecule has 2 amide bonds. The number of furan rings is 1. The summed E-state index contributed by atoms with van der Waals surface area (Å²) in [6.07, 6.45) is 2.07. The normalized spacial score (nSPS) is 17.6. The molecule has 0 unspecified atom stereocenters. The van der Waals surface area contributed by atoms with Crippen molar-refractivity contribution >= 4 is 29.1 Å². The minimum Gasteiger partial charge on any atom is -0.497 e. The summed E-state index contributed by atoms with van der Waals surface area (Å²) in [4.78, 5) is 31.2. The highest BCUT2D eigenvalue weighted by molar-refractivity contribution is 6.33. The summed E-state index contributed by atoms with van der Waals surface area (Å²) in [5.41, 5.74) is 2.00. The largest absolute Gasteiger partial charge is 0.497 e. The molecule has 3 aromatic rings.